The number of ether oxygens (including phenoxy) is 1. The van der Waals surface area contributed by atoms with Crippen LogP contribution < -0.4 is 0 Å². The van der Waals surface area contributed by atoms with Crippen LogP contribution in [-0.2, 0) is 17.7 Å². The second-order valence-electron chi connectivity index (χ2n) is 4.21. The van der Waals surface area contributed by atoms with Gasteiger partial charge in [-0.25, -0.2) is 9.67 Å². The molecule has 1 atom stereocenters. The molecule has 7 nitrogen and oxygen atoms in total. The average molecular weight is 298 g/mol. The quantitative estimate of drug-likeness (QED) is 0.826. The highest BCUT2D eigenvalue weighted by Gasteiger charge is 2.19. The number of aryl methyl sites for hydroxylation is 1. The van der Waals surface area contributed by atoms with Gasteiger partial charge in [0.05, 0.1) is 12.6 Å². The normalized spacial score (nSPS) is 19.1. The second-order valence-corrected chi connectivity index (χ2v) is 6.18. The van der Waals surface area contributed by atoms with E-state index in [2.05, 4.69) is 24.9 Å². The van der Waals surface area contributed by atoms with Gasteiger partial charge in [-0.15, -0.1) is 5.10 Å². The summed E-state index contributed by atoms with van der Waals surface area (Å²) in [6.45, 7) is 3.58. The highest BCUT2D eigenvalue weighted by molar-refractivity contribution is 8.00. The number of hydrogen-bond acceptors (Lipinski definition) is 8. The molecule has 3 rings (SSSR count). The van der Waals surface area contributed by atoms with Gasteiger partial charge in [0.15, 0.2) is 4.34 Å². The Morgan fingerprint density at radius 3 is 3.21 bits per heavy atom. The van der Waals surface area contributed by atoms with Crippen molar-refractivity contribution < 1.29 is 4.74 Å². The highest BCUT2D eigenvalue weighted by Crippen LogP contribution is 2.27. The third-order valence-corrected chi connectivity index (χ3v) is 4.61. The van der Waals surface area contributed by atoms with Crippen LogP contribution >= 0.6 is 23.3 Å². The van der Waals surface area contributed by atoms with Crippen LogP contribution in [0.4, 0.5) is 0 Å². The number of tetrazole rings is 1. The molecular weight excluding hydrogens is 284 g/mol. The van der Waals surface area contributed by atoms with E-state index in [9.17, 15) is 0 Å². The predicted octanol–water partition coefficient (Wildman–Crippen LogP) is 1.42. The molecule has 102 valence electrons. The molecule has 0 saturated carbocycles. The van der Waals surface area contributed by atoms with Gasteiger partial charge in [0.25, 0.3) is 0 Å². The molecule has 0 amide bonds. The lowest BCUT2D eigenvalue weighted by atomic mass is 10.2. The smallest absolute Gasteiger partial charge is 0.216 e. The molecule has 2 aromatic rings. The van der Waals surface area contributed by atoms with Crippen LogP contribution in [0.5, 0.6) is 0 Å². The molecule has 0 N–H and O–H groups in total. The van der Waals surface area contributed by atoms with E-state index in [0.717, 1.165) is 41.2 Å². The van der Waals surface area contributed by atoms with Gasteiger partial charge in [0.1, 0.15) is 5.82 Å². The van der Waals surface area contributed by atoms with Crippen LogP contribution in [0.1, 0.15) is 25.6 Å². The lowest BCUT2D eigenvalue weighted by molar-refractivity contribution is 0.0912. The Bertz CT molecular complexity index is 536. The summed E-state index contributed by atoms with van der Waals surface area (Å²) in [5.41, 5.74) is 0. The van der Waals surface area contributed by atoms with E-state index in [4.69, 9.17) is 4.74 Å². The summed E-state index contributed by atoms with van der Waals surface area (Å²) in [4.78, 5) is 4.41. The third-order valence-electron chi connectivity index (χ3n) is 2.84. The summed E-state index contributed by atoms with van der Waals surface area (Å²) < 4.78 is 12.5. The molecule has 9 heteroatoms. The Balaban J connectivity index is 1.68. The van der Waals surface area contributed by atoms with Crippen molar-refractivity contribution >= 4 is 23.3 Å². The Labute approximate surface area is 118 Å². The minimum atomic E-state index is 0.225. The molecule has 0 bridgehead atoms. The minimum Gasteiger partial charge on any atom is -0.376 e. The molecule has 2 aromatic heterocycles. The van der Waals surface area contributed by atoms with E-state index in [-0.39, 0.29) is 6.10 Å². The zero-order valence-electron chi connectivity index (χ0n) is 10.5. The van der Waals surface area contributed by atoms with Crippen molar-refractivity contribution in [3.8, 4) is 0 Å². The van der Waals surface area contributed by atoms with E-state index >= 15 is 0 Å². The van der Waals surface area contributed by atoms with Gasteiger partial charge in [0.2, 0.25) is 5.16 Å². The van der Waals surface area contributed by atoms with Crippen LogP contribution in [0.2, 0.25) is 0 Å². The van der Waals surface area contributed by atoms with Gasteiger partial charge in [-0.2, -0.15) is 4.37 Å². The molecule has 0 spiro atoms. The molecular formula is C10H14N6OS2. The first-order chi connectivity index (χ1) is 9.35. The summed E-state index contributed by atoms with van der Waals surface area (Å²) >= 11 is 2.84. The molecule has 0 aliphatic carbocycles. The summed E-state index contributed by atoms with van der Waals surface area (Å²) in [6.07, 6.45) is 3.26. The van der Waals surface area contributed by atoms with Crippen LogP contribution in [0, 0.1) is 0 Å². The van der Waals surface area contributed by atoms with Crippen LogP contribution in [-0.4, -0.2) is 42.3 Å². The first kappa shape index (κ1) is 12.9. The van der Waals surface area contributed by atoms with Crippen molar-refractivity contribution in [1.82, 2.24) is 29.6 Å². The Kier molecular flexibility index (Phi) is 4.04. The second kappa shape index (κ2) is 5.93. The van der Waals surface area contributed by atoms with Crippen molar-refractivity contribution in [2.75, 3.05) is 6.61 Å². The molecule has 3 heterocycles. The van der Waals surface area contributed by atoms with E-state index in [0.29, 0.717) is 6.54 Å². The van der Waals surface area contributed by atoms with E-state index in [1.165, 1.54) is 23.3 Å². The first-order valence-corrected chi connectivity index (χ1v) is 7.82. The monoisotopic (exact) mass is 298 g/mol. The van der Waals surface area contributed by atoms with E-state index < -0.39 is 0 Å². The molecule has 1 aliphatic heterocycles. The van der Waals surface area contributed by atoms with Crippen molar-refractivity contribution in [3.05, 3.63) is 5.82 Å². The fourth-order valence-corrected chi connectivity index (χ4v) is 3.45. The maximum atomic E-state index is 5.60. The summed E-state index contributed by atoms with van der Waals surface area (Å²) in [7, 11) is 0. The molecule has 0 aromatic carbocycles. The van der Waals surface area contributed by atoms with Gasteiger partial charge < -0.3 is 4.74 Å². The maximum absolute atomic E-state index is 5.60. The summed E-state index contributed by atoms with van der Waals surface area (Å²) in [5, 5.41) is 12.5. The van der Waals surface area contributed by atoms with Crippen LogP contribution in [0.3, 0.4) is 0 Å². The van der Waals surface area contributed by atoms with Crippen molar-refractivity contribution in [1.29, 1.82) is 0 Å². The largest absolute Gasteiger partial charge is 0.376 e. The predicted molar refractivity (Wildman–Crippen MR) is 70.2 cm³/mol. The number of rotatable bonds is 5. The molecule has 1 fully saturated rings. The Morgan fingerprint density at radius 2 is 2.47 bits per heavy atom. The summed E-state index contributed by atoms with van der Waals surface area (Å²) in [6, 6.07) is 0. The average Bonchev–Trinajstić information content (AvgIpc) is 3.14. The van der Waals surface area contributed by atoms with Gasteiger partial charge in [-0.1, -0.05) is 6.92 Å². The fourth-order valence-electron chi connectivity index (χ4n) is 1.87. The fraction of sp³-hybridized carbons (Fsp3) is 0.700. The molecule has 19 heavy (non-hydrogen) atoms. The SMILES string of the molecule is CCc1nsc(Sc2nnnn2CC2CCCO2)n1. The van der Waals surface area contributed by atoms with Crippen LogP contribution in [0.15, 0.2) is 9.50 Å². The van der Waals surface area contributed by atoms with Crippen molar-refractivity contribution in [2.45, 2.75) is 48.3 Å². The Morgan fingerprint density at radius 1 is 1.53 bits per heavy atom. The molecule has 1 unspecified atom stereocenters. The van der Waals surface area contributed by atoms with E-state index in [1.807, 2.05) is 6.92 Å². The number of aromatic nitrogens is 6. The molecule has 1 saturated heterocycles. The van der Waals surface area contributed by atoms with Crippen LogP contribution in [0.25, 0.3) is 0 Å². The lowest BCUT2D eigenvalue weighted by Gasteiger charge is -2.09. The zero-order valence-corrected chi connectivity index (χ0v) is 12.2. The van der Waals surface area contributed by atoms with Crippen molar-refractivity contribution in [3.63, 3.8) is 0 Å². The number of nitrogens with zero attached hydrogens (tertiary/aromatic N) is 6. The first-order valence-electron chi connectivity index (χ1n) is 6.23. The van der Waals surface area contributed by atoms with Gasteiger partial charge >= 0.3 is 0 Å². The summed E-state index contributed by atoms with van der Waals surface area (Å²) in [5.74, 6) is 0.866. The minimum absolute atomic E-state index is 0.225. The third kappa shape index (κ3) is 3.10. The zero-order chi connectivity index (χ0) is 13.1. The van der Waals surface area contributed by atoms with Gasteiger partial charge in [-0.3, -0.25) is 0 Å². The number of hydrogen-bond donors (Lipinski definition) is 0. The van der Waals surface area contributed by atoms with Crippen molar-refractivity contribution in [2.24, 2.45) is 0 Å². The van der Waals surface area contributed by atoms with E-state index in [1.54, 1.807) is 4.68 Å². The highest BCUT2D eigenvalue weighted by atomic mass is 32.2. The molecule has 0 radical (unpaired) electrons. The molecule has 1 aliphatic rings. The lowest BCUT2D eigenvalue weighted by Crippen LogP contribution is -2.16. The Hall–Kier alpha value is -1.06. The van der Waals surface area contributed by atoms with Gasteiger partial charge in [0, 0.05) is 13.0 Å². The topological polar surface area (TPSA) is 78.6 Å². The standard InChI is InChI=1S/C10H14N6OS2/c1-2-8-11-10(19-13-8)18-9-12-14-15-16(9)6-7-4-3-5-17-7/h7H,2-6H2,1H3. The maximum Gasteiger partial charge on any atom is 0.216 e. The van der Waals surface area contributed by atoms with Gasteiger partial charge in [-0.05, 0) is 46.6 Å².